The molecule has 0 N–H and O–H groups in total. The molecule has 0 bridgehead atoms. The maximum Gasteiger partial charge on any atom is 0.272 e. The van der Waals surface area contributed by atoms with Crippen LogP contribution >= 0.6 is 0 Å². The normalized spacial score (nSPS) is 20.0. The number of amides is 2. The van der Waals surface area contributed by atoms with Gasteiger partial charge in [0.05, 0.1) is 19.6 Å². The molecular weight excluding hydrogens is 392 g/mol. The first-order valence-electron chi connectivity index (χ1n) is 11.4. The van der Waals surface area contributed by atoms with Crippen molar-refractivity contribution in [1.29, 1.82) is 0 Å². The molecule has 1 aromatic carbocycles. The highest BCUT2D eigenvalue weighted by Gasteiger charge is 2.36. The molecule has 1 atom stereocenters. The number of carbonyl (C=O) groups excluding carboxylic acids is 2. The Kier molecular flexibility index (Phi) is 6.59. The Balaban J connectivity index is 1.42. The number of ether oxygens (including phenoxy) is 1. The van der Waals surface area contributed by atoms with E-state index in [9.17, 15) is 9.59 Å². The average molecular weight is 425 g/mol. The highest BCUT2D eigenvalue weighted by atomic mass is 16.5. The molecule has 2 fully saturated rings. The lowest BCUT2D eigenvalue weighted by Gasteiger charge is -2.43. The smallest absolute Gasteiger partial charge is 0.272 e. The van der Waals surface area contributed by atoms with E-state index in [1.165, 1.54) is 0 Å². The third kappa shape index (κ3) is 4.45. The largest absolute Gasteiger partial charge is 0.497 e. The Morgan fingerprint density at radius 1 is 1.10 bits per heavy atom. The lowest BCUT2D eigenvalue weighted by atomic mass is 9.83. The maximum absolute atomic E-state index is 13.3. The van der Waals surface area contributed by atoms with Gasteiger partial charge in [0.15, 0.2) is 0 Å². The summed E-state index contributed by atoms with van der Waals surface area (Å²) in [7, 11) is 1.62. The minimum Gasteiger partial charge on any atom is -0.497 e. The summed E-state index contributed by atoms with van der Waals surface area (Å²) in [5.74, 6) is 1.28. The number of carbonyl (C=O) groups is 2. The van der Waals surface area contributed by atoms with Gasteiger partial charge in [-0.25, -0.2) is 4.98 Å². The van der Waals surface area contributed by atoms with Gasteiger partial charge in [-0.1, -0.05) is 6.07 Å². The second-order valence-electron chi connectivity index (χ2n) is 8.49. The van der Waals surface area contributed by atoms with Crippen LogP contribution in [0.15, 0.2) is 36.8 Å². The fourth-order valence-corrected chi connectivity index (χ4v) is 5.02. The van der Waals surface area contributed by atoms with Gasteiger partial charge in [-0.2, -0.15) is 0 Å². The van der Waals surface area contributed by atoms with Gasteiger partial charge in [0.1, 0.15) is 11.4 Å². The van der Waals surface area contributed by atoms with E-state index in [4.69, 9.17) is 4.74 Å². The summed E-state index contributed by atoms with van der Waals surface area (Å²) >= 11 is 0. The molecular formula is C24H32N4O3. The van der Waals surface area contributed by atoms with Crippen molar-refractivity contribution < 1.29 is 14.3 Å². The van der Waals surface area contributed by atoms with Crippen LogP contribution in [0.5, 0.6) is 5.75 Å². The molecule has 2 amide bonds. The van der Waals surface area contributed by atoms with Crippen LogP contribution in [-0.2, 0) is 6.54 Å². The van der Waals surface area contributed by atoms with Crippen molar-refractivity contribution in [3.63, 3.8) is 0 Å². The first-order chi connectivity index (χ1) is 15.1. The van der Waals surface area contributed by atoms with Gasteiger partial charge in [0.2, 0.25) is 0 Å². The number of methoxy groups -OCH3 is 1. The summed E-state index contributed by atoms with van der Waals surface area (Å²) in [4.78, 5) is 34.4. The van der Waals surface area contributed by atoms with E-state index in [0.29, 0.717) is 22.9 Å². The summed E-state index contributed by atoms with van der Waals surface area (Å²) in [5, 5.41) is 0. The van der Waals surface area contributed by atoms with Crippen molar-refractivity contribution in [2.24, 2.45) is 5.92 Å². The second kappa shape index (κ2) is 9.54. The Labute approximate surface area is 184 Å². The van der Waals surface area contributed by atoms with Crippen LogP contribution in [0.4, 0.5) is 0 Å². The molecule has 2 aliphatic rings. The SMILES string of the molecule is CCn1cncc1C(=O)N1CCC(C2CCCCN2C(=O)c2cccc(OC)c2)CC1. The number of hydrogen-bond acceptors (Lipinski definition) is 4. The van der Waals surface area contributed by atoms with Crippen LogP contribution in [0.1, 0.15) is 59.9 Å². The minimum atomic E-state index is 0.0609. The van der Waals surface area contributed by atoms with Crippen LogP contribution in [0.2, 0.25) is 0 Å². The van der Waals surface area contributed by atoms with Crippen molar-refractivity contribution >= 4 is 11.8 Å². The molecule has 2 saturated heterocycles. The molecule has 2 aliphatic heterocycles. The monoisotopic (exact) mass is 424 g/mol. The van der Waals surface area contributed by atoms with Crippen LogP contribution in [0, 0.1) is 5.92 Å². The van der Waals surface area contributed by atoms with Crippen molar-refractivity contribution in [1.82, 2.24) is 19.4 Å². The average Bonchev–Trinajstić information content (AvgIpc) is 3.32. The number of imidazole rings is 1. The van der Waals surface area contributed by atoms with E-state index >= 15 is 0 Å². The third-order valence-electron chi connectivity index (χ3n) is 6.77. The van der Waals surface area contributed by atoms with Crippen LogP contribution in [-0.4, -0.2) is 64.0 Å². The molecule has 7 heteroatoms. The molecule has 0 saturated carbocycles. The van der Waals surface area contributed by atoms with Gasteiger partial charge < -0.3 is 19.1 Å². The lowest BCUT2D eigenvalue weighted by Crippen LogP contribution is -2.51. The highest BCUT2D eigenvalue weighted by Crippen LogP contribution is 2.32. The Morgan fingerprint density at radius 3 is 2.65 bits per heavy atom. The van der Waals surface area contributed by atoms with Gasteiger partial charge >= 0.3 is 0 Å². The van der Waals surface area contributed by atoms with E-state index < -0.39 is 0 Å². The zero-order chi connectivity index (χ0) is 21.8. The molecule has 1 aromatic heterocycles. The van der Waals surface area contributed by atoms with Gasteiger partial charge in [0, 0.05) is 37.8 Å². The molecule has 166 valence electrons. The van der Waals surface area contributed by atoms with E-state index in [-0.39, 0.29) is 17.9 Å². The highest BCUT2D eigenvalue weighted by molar-refractivity contribution is 5.95. The second-order valence-corrected chi connectivity index (χ2v) is 8.49. The first kappa shape index (κ1) is 21.4. The molecule has 2 aromatic rings. The predicted molar refractivity (Wildman–Crippen MR) is 118 cm³/mol. The number of nitrogens with zero attached hydrogens (tertiary/aromatic N) is 4. The van der Waals surface area contributed by atoms with E-state index in [2.05, 4.69) is 9.88 Å². The number of rotatable bonds is 5. The minimum absolute atomic E-state index is 0.0609. The van der Waals surface area contributed by atoms with Gasteiger partial charge in [0.25, 0.3) is 11.8 Å². The molecule has 7 nitrogen and oxygen atoms in total. The molecule has 0 aliphatic carbocycles. The summed E-state index contributed by atoms with van der Waals surface area (Å²) < 4.78 is 7.20. The number of hydrogen-bond donors (Lipinski definition) is 0. The number of aryl methyl sites for hydroxylation is 1. The Hall–Kier alpha value is -2.83. The topological polar surface area (TPSA) is 67.7 Å². The summed E-state index contributed by atoms with van der Waals surface area (Å²) in [5.41, 5.74) is 1.35. The van der Waals surface area contributed by atoms with Gasteiger partial charge in [-0.15, -0.1) is 0 Å². The van der Waals surface area contributed by atoms with Crippen molar-refractivity contribution in [3.8, 4) is 5.75 Å². The molecule has 3 heterocycles. The summed E-state index contributed by atoms with van der Waals surface area (Å²) in [6.45, 7) is 5.02. The molecule has 0 spiro atoms. The van der Waals surface area contributed by atoms with Gasteiger partial charge in [-0.05, 0) is 63.1 Å². The molecule has 0 radical (unpaired) electrons. The standard InChI is InChI=1S/C24H32N4O3/c1-3-26-17-25-16-22(26)24(30)27-13-10-18(11-14-27)21-9-4-5-12-28(21)23(29)19-7-6-8-20(15-19)31-2/h6-8,15-18,21H,3-5,9-14H2,1-2H3. The number of aromatic nitrogens is 2. The fourth-order valence-electron chi connectivity index (χ4n) is 5.02. The Morgan fingerprint density at radius 2 is 1.90 bits per heavy atom. The maximum atomic E-state index is 13.3. The quantitative estimate of drug-likeness (QED) is 0.737. The molecule has 1 unspecified atom stereocenters. The van der Waals surface area contributed by atoms with E-state index in [0.717, 1.165) is 58.3 Å². The van der Waals surface area contributed by atoms with Crippen molar-refractivity contribution in [2.75, 3.05) is 26.7 Å². The number of benzene rings is 1. The molecule has 4 rings (SSSR count). The van der Waals surface area contributed by atoms with Crippen LogP contribution in [0.25, 0.3) is 0 Å². The molecule has 31 heavy (non-hydrogen) atoms. The zero-order valence-electron chi connectivity index (χ0n) is 18.5. The lowest BCUT2D eigenvalue weighted by molar-refractivity contribution is 0.0372. The van der Waals surface area contributed by atoms with E-state index in [1.807, 2.05) is 40.7 Å². The van der Waals surface area contributed by atoms with E-state index in [1.54, 1.807) is 19.6 Å². The fraction of sp³-hybridized carbons (Fsp3) is 0.542. The zero-order valence-corrected chi connectivity index (χ0v) is 18.5. The summed E-state index contributed by atoms with van der Waals surface area (Å²) in [6, 6.07) is 7.67. The number of piperidine rings is 2. The van der Waals surface area contributed by atoms with Crippen molar-refractivity contribution in [2.45, 2.75) is 51.6 Å². The Bertz CT molecular complexity index is 917. The third-order valence-corrected chi connectivity index (χ3v) is 6.77. The van der Waals surface area contributed by atoms with Crippen LogP contribution in [0.3, 0.4) is 0 Å². The summed E-state index contributed by atoms with van der Waals surface area (Å²) in [6.07, 6.45) is 8.47. The van der Waals surface area contributed by atoms with Gasteiger partial charge in [-0.3, -0.25) is 9.59 Å². The van der Waals surface area contributed by atoms with Crippen LogP contribution < -0.4 is 4.74 Å². The van der Waals surface area contributed by atoms with Crippen molar-refractivity contribution in [3.05, 3.63) is 48.0 Å². The number of likely N-dealkylation sites (tertiary alicyclic amines) is 2. The first-order valence-corrected chi connectivity index (χ1v) is 11.4. The predicted octanol–water partition coefficient (Wildman–Crippen LogP) is 3.46.